The van der Waals surface area contributed by atoms with Crippen LogP contribution in [0.25, 0.3) is 0 Å². The lowest BCUT2D eigenvalue weighted by Crippen LogP contribution is -1.94. The van der Waals surface area contributed by atoms with Crippen molar-refractivity contribution in [2.75, 3.05) is 0 Å². The number of aryl methyl sites for hydroxylation is 1. The fraction of sp³-hybridized carbons (Fsp3) is 0.500. The van der Waals surface area contributed by atoms with Crippen molar-refractivity contribution in [2.24, 2.45) is 5.73 Å². The molecule has 0 radical (unpaired) electrons. The fourth-order valence-corrected chi connectivity index (χ4v) is 1.01. The molecule has 60 valence electrons. The van der Waals surface area contributed by atoms with E-state index in [4.69, 9.17) is 5.73 Å². The number of nitrogens with two attached hydrogens (primary N) is 1. The van der Waals surface area contributed by atoms with Crippen molar-refractivity contribution in [3.05, 3.63) is 10.0 Å². The van der Waals surface area contributed by atoms with Gasteiger partial charge in [0, 0.05) is 6.54 Å². The van der Waals surface area contributed by atoms with Crippen LogP contribution in [-0.2, 0) is 6.54 Å². The van der Waals surface area contributed by atoms with Crippen molar-refractivity contribution in [3.8, 4) is 0 Å². The third-order valence-electron chi connectivity index (χ3n) is 0.742. The van der Waals surface area contributed by atoms with Gasteiger partial charge in [0.1, 0.15) is 10.0 Å². The average molecular weight is 184 g/mol. The average Bonchev–Trinajstić information content (AvgIpc) is 2.14. The Kier molecular flexibility index (Phi) is 6.90. The lowest BCUT2D eigenvalue weighted by atomic mass is 10.7. The number of hydrogen-bond acceptors (Lipinski definition) is 4. The zero-order chi connectivity index (χ0) is 5.98. The van der Waals surface area contributed by atoms with Gasteiger partial charge in [0.2, 0.25) is 0 Å². The first-order valence-electron chi connectivity index (χ1n) is 2.32. The molecule has 0 bridgehead atoms. The summed E-state index contributed by atoms with van der Waals surface area (Å²) in [4.78, 5) is 0. The summed E-state index contributed by atoms with van der Waals surface area (Å²) in [7, 11) is 0. The maximum Gasteiger partial charge on any atom is 0.131 e. The molecule has 0 aliphatic heterocycles. The molecule has 4 N–H and O–H groups in total. The lowest BCUT2D eigenvalue weighted by molar-refractivity contribution is 0.824. The third-order valence-corrected chi connectivity index (χ3v) is 1.60. The summed E-state index contributed by atoms with van der Waals surface area (Å²) in [6.07, 6.45) is 0. The molecule has 1 aromatic rings. The summed E-state index contributed by atoms with van der Waals surface area (Å²) in [5, 5.41) is 9.44. The summed E-state index contributed by atoms with van der Waals surface area (Å²) in [6.45, 7) is 2.42. The van der Waals surface area contributed by atoms with Gasteiger partial charge in [0.15, 0.2) is 0 Å². The van der Waals surface area contributed by atoms with Crippen LogP contribution >= 0.6 is 23.7 Å². The zero-order valence-electron chi connectivity index (χ0n) is 5.50. The summed E-state index contributed by atoms with van der Waals surface area (Å²) in [5.74, 6) is 0. The molecule has 0 aliphatic rings. The van der Waals surface area contributed by atoms with Crippen molar-refractivity contribution >= 4 is 23.7 Å². The highest BCUT2D eigenvalue weighted by atomic mass is 35.5. The van der Waals surface area contributed by atoms with E-state index < -0.39 is 0 Å². The predicted molar refractivity (Wildman–Crippen MR) is 43.4 cm³/mol. The molecule has 1 heterocycles. The molecule has 10 heavy (non-hydrogen) atoms. The van der Waals surface area contributed by atoms with E-state index in [1.54, 1.807) is 11.3 Å². The highest BCUT2D eigenvalue weighted by Crippen LogP contribution is 2.05. The number of hydrogen-bond donors (Lipinski definition) is 1. The Morgan fingerprint density at radius 2 is 2.10 bits per heavy atom. The van der Waals surface area contributed by atoms with Crippen LogP contribution < -0.4 is 5.73 Å². The van der Waals surface area contributed by atoms with E-state index in [2.05, 4.69) is 10.2 Å². The van der Waals surface area contributed by atoms with Gasteiger partial charge in [0.25, 0.3) is 0 Å². The van der Waals surface area contributed by atoms with Gasteiger partial charge in [-0.2, -0.15) is 0 Å². The number of nitrogens with zero attached hydrogens (tertiary/aromatic N) is 2. The molecule has 0 atom stereocenters. The van der Waals surface area contributed by atoms with E-state index >= 15 is 0 Å². The quantitative estimate of drug-likeness (QED) is 0.660. The minimum Gasteiger partial charge on any atom is -0.412 e. The van der Waals surface area contributed by atoms with Crippen LogP contribution in [0.5, 0.6) is 0 Å². The van der Waals surface area contributed by atoms with Gasteiger partial charge in [-0.25, -0.2) is 0 Å². The van der Waals surface area contributed by atoms with Crippen LogP contribution in [0.1, 0.15) is 10.0 Å². The van der Waals surface area contributed by atoms with Gasteiger partial charge in [-0.15, -0.1) is 33.9 Å². The summed E-state index contributed by atoms with van der Waals surface area (Å²) >= 11 is 1.54. The van der Waals surface area contributed by atoms with Crippen LogP contribution in [0.15, 0.2) is 0 Å². The normalized spacial score (nSPS) is 7.80. The van der Waals surface area contributed by atoms with Crippen LogP contribution in [0, 0.1) is 6.92 Å². The first kappa shape index (κ1) is 12.4. The Hall–Kier alpha value is -0.230. The van der Waals surface area contributed by atoms with Gasteiger partial charge in [0.05, 0.1) is 0 Å². The van der Waals surface area contributed by atoms with Crippen molar-refractivity contribution in [1.29, 1.82) is 0 Å². The van der Waals surface area contributed by atoms with Crippen molar-refractivity contribution in [3.63, 3.8) is 0 Å². The monoisotopic (exact) mass is 183 g/mol. The molecule has 0 amide bonds. The molecule has 0 saturated heterocycles. The van der Waals surface area contributed by atoms with Gasteiger partial charge in [-0.3, -0.25) is 0 Å². The lowest BCUT2D eigenvalue weighted by Gasteiger charge is -1.76. The summed E-state index contributed by atoms with van der Waals surface area (Å²) < 4.78 is 0. The molecule has 0 aliphatic carbocycles. The number of halogens is 1. The van der Waals surface area contributed by atoms with Crippen LogP contribution in [-0.4, -0.2) is 15.7 Å². The van der Waals surface area contributed by atoms with Crippen LogP contribution in [0.4, 0.5) is 0 Å². The molecular formula is C4H10ClN3OS. The Morgan fingerprint density at radius 1 is 1.50 bits per heavy atom. The predicted octanol–water partition coefficient (Wildman–Crippen LogP) is -0.0977. The minimum atomic E-state index is 0. The molecule has 0 saturated carbocycles. The first-order chi connectivity index (χ1) is 3.83. The largest absolute Gasteiger partial charge is 0.412 e. The molecule has 6 heteroatoms. The molecule has 0 unspecified atom stereocenters. The second kappa shape index (κ2) is 5.55. The Morgan fingerprint density at radius 3 is 2.30 bits per heavy atom. The Labute approximate surface area is 69.2 Å². The summed E-state index contributed by atoms with van der Waals surface area (Å²) in [6, 6.07) is 0. The molecule has 1 rings (SSSR count). The smallest absolute Gasteiger partial charge is 0.131 e. The van der Waals surface area contributed by atoms with E-state index in [0.29, 0.717) is 6.54 Å². The van der Waals surface area contributed by atoms with Gasteiger partial charge >= 0.3 is 0 Å². The summed E-state index contributed by atoms with van der Waals surface area (Å²) in [5.41, 5.74) is 5.27. The van der Waals surface area contributed by atoms with Crippen LogP contribution in [0.3, 0.4) is 0 Å². The Bertz CT molecular complexity index is 181. The van der Waals surface area contributed by atoms with E-state index in [1.807, 2.05) is 6.92 Å². The molecular weight excluding hydrogens is 174 g/mol. The maximum atomic E-state index is 5.27. The van der Waals surface area contributed by atoms with E-state index in [9.17, 15) is 0 Å². The molecule has 4 nitrogen and oxygen atoms in total. The standard InChI is InChI=1S/C4H7N3S.ClH.H2O/c1-3-6-7-4(2-5)8-3;;/h2,5H2,1H3;1H;1H2. The molecule has 0 aromatic carbocycles. The highest BCUT2D eigenvalue weighted by Gasteiger charge is 1.93. The Balaban J connectivity index is 0. The second-order valence-corrected chi connectivity index (χ2v) is 2.69. The fourth-order valence-electron chi connectivity index (χ4n) is 0.420. The topological polar surface area (TPSA) is 83.3 Å². The van der Waals surface area contributed by atoms with Crippen molar-refractivity contribution < 1.29 is 5.48 Å². The van der Waals surface area contributed by atoms with E-state index in [1.165, 1.54) is 0 Å². The van der Waals surface area contributed by atoms with Gasteiger partial charge in [-0.05, 0) is 6.92 Å². The van der Waals surface area contributed by atoms with Crippen molar-refractivity contribution in [2.45, 2.75) is 13.5 Å². The molecule has 0 spiro atoms. The van der Waals surface area contributed by atoms with Gasteiger partial charge in [-0.1, -0.05) is 0 Å². The third kappa shape index (κ3) is 3.07. The van der Waals surface area contributed by atoms with E-state index in [-0.39, 0.29) is 17.9 Å². The maximum absolute atomic E-state index is 5.27. The number of rotatable bonds is 1. The minimum absolute atomic E-state index is 0. The van der Waals surface area contributed by atoms with Gasteiger partial charge < -0.3 is 11.2 Å². The second-order valence-electron chi connectivity index (χ2n) is 1.42. The number of aromatic nitrogens is 2. The van der Waals surface area contributed by atoms with Crippen LogP contribution in [0.2, 0.25) is 0 Å². The SMILES string of the molecule is Cc1nnc(CN)s1.Cl.O. The highest BCUT2D eigenvalue weighted by molar-refractivity contribution is 7.11. The molecule has 0 fully saturated rings. The zero-order valence-corrected chi connectivity index (χ0v) is 7.13. The van der Waals surface area contributed by atoms with Crippen molar-refractivity contribution in [1.82, 2.24) is 10.2 Å². The van der Waals surface area contributed by atoms with E-state index in [0.717, 1.165) is 10.0 Å². The first-order valence-corrected chi connectivity index (χ1v) is 3.13. The molecule has 1 aromatic heterocycles.